The lowest BCUT2D eigenvalue weighted by atomic mass is 10.1. The molecule has 132 valence electrons. The Morgan fingerprint density at radius 1 is 0.885 bits per heavy atom. The van der Waals surface area contributed by atoms with Crippen LogP contribution < -0.4 is 20.1 Å². The average molecular weight is 350 g/mol. The minimum absolute atomic E-state index is 0.188. The van der Waals surface area contributed by atoms with Gasteiger partial charge in [-0.3, -0.25) is 9.59 Å². The van der Waals surface area contributed by atoms with Gasteiger partial charge in [0.05, 0.1) is 11.4 Å². The number of amides is 2. The van der Waals surface area contributed by atoms with Crippen molar-refractivity contribution in [2.75, 3.05) is 6.79 Å². The minimum atomic E-state index is 0.188. The van der Waals surface area contributed by atoms with Gasteiger partial charge in [0.1, 0.15) is 0 Å². The number of hydrogen-bond acceptors (Lipinski definition) is 4. The highest BCUT2D eigenvalue weighted by Gasteiger charge is 2.13. The highest BCUT2D eigenvalue weighted by Crippen LogP contribution is 2.33. The molecule has 3 rings (SSSR count). The van der Waals surface area contributed by atoms with Crippen LogP contribution in [0.2, 0.25) is 0 Å². The molecule has 0 unspecified atom stereocenters. The second kappa shape index (κ2) is 8.02. The van der Waals surface area contributed by atoms with Gasteiger partial charge in [-0.15, -0.1) is 0 Å². The molecule has 26 heavy (non-hydrogen) atoms. The Morgan fingerprint density at radius 2 is 1.54 bits per heavy atom. The second-order valence-electron chi connectivity index (χ2n) is 5.67. The maximum absolute atomic E-state index is 11.1. The molecule has 6 heteroatoms. The average Bonchev–Trinajstić information content (AvgIpc) is 3.09. The van der Waals surface area contributed by atoms with Crippen molar-refractivity contribution < 1.29 is 19.1 Å². The first-order valence-electron chi connectivity index (χ1n) is 8.00. The Kier molecular flexibility index (Phi) is 5.34. The van der Waals surface area contributed by atoms with Crippen molar-refractivity contribution in [2.45, 2.75) is 6.92 Å². The monoisotopic (exact) mass is 350 g/mol. The van der Waals surface area contributed by atoms with Crippen molar-refractivity contribution >= 4 is 25.0 Å². The largest absolute Gasteiger partial charge is 0.454 e. The van der Waals surface area contributed by atoms with Crippen LogP contribution in [0.3, 0.4) is 0 Å². The molecule has 1 aliphatic heterocycles. The van der Waals surface area contributed by atoms with Crippen LogP contribution in [-0.2, 0) is 9.59 Å². The summed E-state index contributed by atoms with van der Waals surface area (Å²) in [6.45, 7) is 2.17. The SMILES string of the molecule is Cc1cccc(/C=C(NC=O)/C(=C/c2ccc3c(c2)OCO3)NC=O)c1. The molecule has 2 amide bonds. The Bertz CT molecular complexity index is 887. The number of ether oxygens (including phenoxy) is 2. The molecule has 0 bridgehead atoms. The Labute approximate surface area is 151 Å². The molecule has 0 fully saturated rings. The lowest BCUT2D eigenvalue weighted by Gasteiger charge is -2.11. The first kappa shape index (κ1) is 17.3. The van der Waals surface area contributed by atoms with Crippen molar-refractivity contribution in [3.8, 4) is 11.5 Å². The van der Waals surface area contributed by atoms with Crippen molar-refractivity contribution in [3.05, 3.63) is 70.5 Å². The van der Waals surface area contributed by atoms with E-state index in [0.717, 1.165) is 16.7 Å². The second-order valence-corrected chi connectivity index (χ2v) is 5.67. The fourth-order valence-corrected chi connectivity index (χ4v) is 2.62. The molecule has 0 spiro atoms. The summed E-state index contributed by atoms with van der Waals surface area (Å²) in [7, 11) is 0. The molecule has 6 nitrogen and oxygen atoms in total. The zero-order chi connectivity index (χ0) is 18.4. The van der Waals surface area contributed by atoms with E-state index in [1.54, 1.807) is 24.3 Å². The maximum Gasteiger partial charge on any atom is 0.231 e. The number of benzene rings is 2. The van der Waals surface area contributed by atoms with Gasteiger partial charge in [-0.2, -0.15) is 0 Å². The van der Waals surface area contributed by atoms with E-state index >= 15 is 0 Å². The summed E-state index contributed by atoms with van der Waals surface area (Å²) in [6.07, 6.45) is 4.67. The quantitative estimate of drug-likeness (QED) is 0.594. The highest BCUT2D eigenvalue weighted by molar-refractivity contribution is 5.73. The molecule has 2 aromatic carbocycles. The first-order chi connectivity index (χ1) is 12.7. The van der Waals surface area contributed by atoms with Crippen LogP contribution in [0, 0.1) is 6.92 Å². The van der Waals surface area contributed by atoms with Crippen LogP contribution in [0.4, 0.5) is 0 Å². The number of fused-ring (bicyclic) bond motifs is 1. The van der Waals surface area contributed by atoms with Crippen LogP contribution in [0.5, 0.6) is 11.5 Å². The highest BCUT2D eigenvalue weighted by atomic mass is 16.7. The van der Waals surface area contributed by atoms with Gasteiger partial charge < -0.3 is 20.1 Å². The molecule has 0 saturated carbocycles. The number of hydrogen-bond donors (Lipinski definition) is 2. The van der Waals surface area contributed by atoms with E-state index in [0.29, 0.717) is 35.7 Å². The van der Waals surface area contributed by atoms with Crippen LogP contribution in [0.25, 0.3) is 12.2 Å². The lowest BCUT2D eigenvalue weighted by Crippen LogP contribution is -2.21. The van der Waals surface area contributed by atoms with Crippen molar-refractivity contribution in [1.29, 1.82) is 0 Å². The van der Waals surface area contributed by atoms with E-state index in [9.17, 15) is 9.59 Å². The molecule has 0 saturated heterocycles. The molecule has 1 heterocycles. The molecule has 0 radical (unpaired) electrons. The molecular weight excluding hydrogens is 332 g/mol. The Balaban J connectivity index is 1.99. The van der Waals surface area contributed by atoms with Crippen molar-refractivity contribution in [2.24, 2.45) is 0 Å². The van der Waals surface area contributed by atoms with Gasteiger partial charge >= 0.3 is 0 Å². The summed E-state index contributed by atoms with van der Waals surface area (Å²) in [4.78, 5) is 22.1. The topological polar surface area (TPSA) is 76.7 Å². The number of aryl methyl sites for hydroxylation is 1. The van der Waals surface area contributed by atoms with E-state index in [-0.39, 0.29) is 6.79 Å². The maximum atomic E-state index is 11.1. The van der Waals surface area contributed by atoms with Gasteiger partial charge in [0.25, 0.3) is 0 Å². The normalized spacial score (nSPS) is 13.3. The number of carbonyl (C=O) groups is 2. The smallest absolute Gasteiger partial charge is 0.231 e. The van der Waals surface area contributed by atoms with Gasteiger partial charge in [-0.1, -0.05) is 35.9 Å². The number of rotatable bonds is 7. The molecule has 0 aliphatic carbocycles. The fraction of sp³-hybridized carbons (Fsp3) is 0.100. The molecule has 2 N–H and O–H groups in total. The molecule has 1 aliphatic rings. The van der Waals surface area contributed by atoms with E-state index in [4.69, 9.17) is 9.47 Å². The van der Waals surface area contributed by atoms with Gasteiger partial charge in [-0.25, -0.2) is 0 Å². The standard InChI is InChI=1S/C20H18N2O4/c1-14-3-2-4-15(7-14)8-17(21-11-23)18(22-12-24)9-16-5-6-19-20(10-16)26-13-25-19/h2-12H,13H2,1H3,(H,21,23)(H,22,24)/b17-8-,18-9-. The zero-order valence-corrected chi connectivity index (χ0v) is 14.2. The summed E-state index contributed by atoms with van der Waals surface area (Å²) in [5, 5.41) is 5.28. The summed E-state index contributed by atoms with van der Waals surface area (Å²) >= 11 is 0. The van der Waals surface area contributed by atoms with E-state index < -0.39 is 0 Å². The first-order valence-corrected chi connectivity index (χ1v) is 8.00. The van der Waals surface area contributed by atoms with Gasteiger partial charge in [0, 0.05) is 0 Å². The Hall–Kier alpha value is -3.54. The molecule has 0 atom stereocenters. The molecule has 2 aromatic rings. The third-order valence-electron chi connectivity index (χ3n) is 3.78. The number of carbonyl (C=O) groups excluding carboxylic acids is 2. The zero-order valence-electron chi connectivity index (χ0n) is 14.2. The predicted molar refractivity (Wildman–Crippen MR) is 98.1 cm³/mol. The van der Waals surface area contributed by atoms with Gasteiger partial charge in [0.15, 0.2) is 11.5 Å². The van der Waals surface area contributed by atoms with Crippen molar-refractivity contribution in [1.82, 2.24) is 10.6 Å². The van der Waals surface area contributed by atoms with Crippen molar-refractivity contribution in [3.63, 3.8) is 0 Å². The van der Waals surface area contributed by atoms with E-state index in [2.05, 4.69) is 10.6 Å². The number of nitrogens with one attached hydrogen (secondary N) is 2. The van der Waals surface area contributed by atoms with E-state index in [1.165, 1.54) is 0 Å². The van der Waals surface area contributed by atoms with Gasteiger partial charge in [0.2, 0.25) is 19.6 Å². The third kappa shape index (κ3) is 4.10. The van der Waals surface area contributed by atoms with Crippen LogP contribution in [-0.4, -0.2) is 19.6 Å². The van der Waals surface area contributed by atoms with Crippen LogP contribution in [0.15, 0.2) is 53.9 Å². The molecule has 0 aromatic heterocycles. The minimum Gasteiger partial charge on any atom is -0.454 e. The lowest BCUT2D eigenvalue weighted by molar-refractivity contribution is -0.110. The van der Waals surface area contributed by atoms with Crippen LogP contribution in [0.1, 0.15) is 16.7 Å². The fourth-order valence-electron chi connectivity index (χ4n) is 2.62. The van der Waals surface area contributed by atoms with Gasteiger partial charge in [-0.05, 0) is 42.3 Å². The Morgan fingerprint density at radius 3 is 2.19 bits per heavy atom. The predicted octanol–water partition coefficient (Wildman–Crippen LogP) is 2.60. The summed E-state index contributed by atoms with van der Waals surface area (Å²) in [5.41, 5.74) is 3.71. The third-order valence-corrected chi connectivity index (χ3v) is 3.78. The molecular formula is C20H18N2O4. The summed E-state index contributed by atoms with van der Waals surface area (Å²) in [6, 6.07) is 13.2. The summed E-state index contributed by atoms with van der Waals surface area (Å²) in [5.74, 6) is 1.31. The summed E-state index contributed by atoms with van der Waals surface area (Å²) < 4.78 is 10.7. The van der Waals surface area contributed by atoms with Crippen LogP contribution >= 0.6 is 0 Å². The van der Waals surface area contributed by atoms with E-state index in [1.807, 2.05) is 37.3 Å².